The Labute approximate surface area is 98.2 Å². The fourth-order valence-corrected chi connectivity index (χ4v) is 2.31. The van der Waals surface area contributed by atoms with Gasteiger partial charge in [0.05, 0.1) is 0 Å². The topological polar surface area (TPSA) is 70.1 Å². The number of carbonyl (C=O) groups is 1. The molecule has 0 spiro atoms. The summed E-state index contributed by atoms with van der Waals surface area (Å²) in [5.74, 6) is 0. The number of hydrogen-bond acceptors (Lipinski definition) is 3. The van der Waals surface area contributed by atoms with E-state index in [0.717, 1.165) is 23.9 Å². The number of rotatable bonds is 2. The van der Waals surface area contributed by atoms with E-state index in [4.69, 9.17) is 10.5 Å². The third-order valence-corrected chi connectivity index (χ3v) is 3.22. The fraction of sp³-hybridized carbons (Fsp3) is 0.333. The first kappa shape index (κ1) is 10.1. The van der Waals surface area contributed by atoms with E-state index in [0.29, 0.717) is 6.04 Å². The largest absolute Gasteiger partial charge is 0.446 e. The summed E-state index contributed by atoms with van der Waals surface area (Å²) in [5, 5.41) is 1.13. The lowest BCUT2D eigenvalue weighted by atomic mass is 9.89. The third kappa shape index (κ3) is 1.73. The average molecular weight is 231 g/mol. The number of ether oxygens (including phenoxy) is 1. The Morgan fingerprint density at radius 1 is 1.47 bits per heavy atom. The normalized spacial score (nSPS) is 23.3. The average Bonchev–Trinajstić information content (AvgIpc) is 2.66. The van der Waals surface area contributed by atoms with Crippen LogP contribution in [0.25, 0.3) is 11.0 Å². The molecule has 1 amide bonds. The smallest absolute Gasteiger partial charge is 0.404 e. The van der Waals surface area contributed by atoms with Gasteiger partial charge < -0.3 is 15.0 Å². The lowest BCUT2D eigenvalue weighted by Gasteiger charge is -2.35. The lowest BCUT2D eigenvalue weighted by molar-refractivity contribution is 0.0280. The Morgan fingerprint density at radius 3 is 3.06 bits per heavy atom. The van der Waals surface area contributed by atoms with Gasteiger partial charge in [-0.15, -0.1) is 0 Å². The molecule has 0 aromatic carbocycles. The van der Waals surface area contributed by atoms with Crippen molar-refractivity contribution >= 4 is 17.1 Å². The summed E-state index contributed by atoms with van der Waals surface area (Å²) in [6, 6.07) is 6.36. The molecule has 0 bridgehead atoms. The van der Waals surface area contributed by atoms with E-state index in [2.05, 4.69) is 9.55 Å². The van der Waals surface area contributed by atoms with Crippen molar-refractivity contribution < 1.29 is 9.53 Å². The first-order valence-electron chi connectivity index (χ1n) is 5.61. The Morgan fingerprint density at radius 2 is 2.29 bits per heavy atom. The molecule has 2 heterocycles. The van der Waals surface area contributed by atoms with Crippen LogP contribution in [0.5, 0.6) is 0 Å². The van der Waals surface area contributed by atoms with Crippen molar-refractivity contribution in [2.45, 2.75) is 25.0 Å². The van der Waals surface area contributed by atoms with Crippen LogP contribution in [-0.2, 0) is 4.74 Å². The minimum atomic E-state index is -0.691. The van der Waals surface area contributed by atoms with Gasteiger partial charge in [0.2, 0.25) is 0 Å². The molecule has 0 aliphatic heterocycles. The zero-order chi connectivity index (χ0) is 11.8. The Bertz CT molecular complexity index is 558. The van der Waals surface area contributed by atoms with Crippen LogP contribution in [0.3, 0.4) is 0 Å². The van der Waals surface area contributed by atoms with Gasteiger partial charge in [-0.1, -0.05) is 0 Å². The number of nitrogens with two attached hydrogens (primary N) is 1. The highest BCUT2D eigenvalue weighted by Gasteiger charge is 2.33. The summed E-state index contributed by atoms with van der Waals surface area (Å²) < 4.78 is 7.07. The van der Waals surface area contributed by atoms with Gasteiger partial charge in [0.15, 0.2) is 0 Å². The highest BCUT2D eigenvalue weighted by atomic mass is 16.6. The van der Waals surface area contributed by atoms with Crippen LogP contribution < -0.4 is 5.73 Å². The number of hydrogen-bond donors (Lipinski definition) is 1. The number of amides is 1. The third-order valence-electron chi connectivity index (χ3n) is 3.22. The van der Waals surface area contributed by atoms with Crippen molar-refractivity contribution in [2.24, 2.45) is 5.73 Å². The predicted molar refractivity (Wildman–Crippen MR) is 62.5 cm³/mol. The number of nitrogens with zero attached hydrogens (tertiary/aromatic N) is 2. The van der Waals surface area contributed by atoms with Crippen LogP contribution in [-0.4, -0.2) is 21.7 Å². The van der Waals surface area contributed by atoms with Crippen molar-refractivity contribution in [1.82, 2.24) is 9.55 Å². The first-order valence-corrected chi connectivity index (χ1v) is 5.61. The van der Waals surface area contributed by atoms with E-state index in [1.54, 1.807) is 6.20 Å². The molecular weight excluding hydrogens is 218 g/mol. The molecule has 1 saturated carbocycles. The SMILES string of the molecule is NC(=O)OC1CC(n2ccc3cccnc32)C1. The number of pyridine rings is 1. The molecule has 1 aliphatic rings. The van der Waals surface area contributed by atoms with E-state index in [1.165, 1.54) is 0 Å². The Kier molecular flexibility index (Phi) is 2.24. The van der Waals surface area contributed by atoms with E-state index < -0.39 is 6.09 Å². The second kappa shape index (κ2) is 3.76. The maximum atomic E-state index is 10.6. The van der Waals surface area contributed by atoms with E-state index in [9.17, 15) is 4.79 Å². The van der Waals surface area contributed by atoms with Gasteiger partial charge in [0.25, 0.3) is 0 Å². The molecule has 0 radical (unpaired) electrons. The maximum absolute atomic E-state index is 10.6. The highest BCUT2D eigenvalue weighted by molar-refractivity contribution is 5.75. The number of fused-ring (bicyclic) bond motifs is 1. The first-order chi connectivity index (χ1) is 8.24. The number of aromatic nitrogens is 2. The van der Waals surface area contributed by atoms with E-state index in [-0.39, 0.29) is 6.10 Å². The van der Waals surface area contributed by atoms with Crippen LogP contribution in [0.15, 0.2) is 30.6 Å². The van der Waals surface area contributed by atoms with E-state index in [1.807, 2.05) is 24.4 Å². The number of carbonyl (C=O) groups excluding carboxylic acids is 1. The van der Waals surface area contributed by atoms with Gasteiger partial charge in [-0.25, -0.2) is 9.78 Å². The molecule has 0 saturated heterocycles. The Hall–Kier alpha value is -2.04. The predicted octanol–water partition coefficient (Wildman–Crippen LogP) is 1.84. The van der Waals surface area contributed by atoms with Crippen molar-refractivity contribution in [1.29, 1.82) is 0 Å². The van der Waals surface area contributed by atoms with Crippen LogP contribution in [0.2, 0.25) is 0 Å². The lowest BCUT2D eigenvalue weighted by Crippen LogP contribution is -2.36. The summed E-state index contributed by atoms with van der Waals surface area (Å²) >= 11 is 0. The van der Waals surface area contributed by atoms with Crippen molar-refractivity contribution in [3.05, 3.63) is 30.6 Å². The van der Waals surface area contributed by atoms with Gasteiger partial charge in [0.1, 0.15) is 11.8 Å². The van der Waals surface area contributed by atoms with Gasteiger partial charge >= 0.3 is 6.09 Å². The standard InChI is InChI=1S/C12H13N3O2/c13-12(16)17-10-6-9(7-10)15-5-3-8-2-1-4-14-11(8)15/h1-5,9-10H,6-7H2,(H2,13,16). The van der Waals surface area contributed by atoms with Crippen LogP contribution >= 0.6 is 0 Å². The zero-order valence-corrected chi connectivity index (χ0v) is 9.24. The zero-order valence-electron chi connectivity index (χ0n) is 9.24. The van der Waals surface area contributed by atoms with Gasteiger partial charge in [-0.2, -0.15) is 0 Å². The summed E-state index contributed by atoms with van der Waals surface area (Å²) in [6.45, 7) is 0. The quantitative estimate of drug-likeness (QED) is 0.857. The summed E-state index contributed by atoms with van der Waals surface area (Å²) in [5.41, 5.74) is 5.96. The molecular formula is C12H13N3O2. The fourth-order valence-electron chi connectivity index (χ4n) is 2.31. The molecule has 0 atom stereocenters. The summed E-state index contributed by atoms with van der Waals surface area (Å²) in [6.07, 6.45) is 4.70. The molecule has 1 aliphatic carbocycles. The molecule has 5 nitrogen and oxygen atoms in total. The van der Waals surface area contributed by atoms with Crippen molar-refractivity contribution in [2.75, 3.05) is 0 Å². The second-order valence-corrected chi connectivity index (χ2v) is 4.32. The molecule has 88 valence electrons. The molecule has 1 fully saturated rings. The number of primary amides is 1. The maximum Gasteiger partial charge on any atom is 0.404 e. The van der Waals surface area contributed by atoms with Crippen molar-refractivity contribution in [3.63, 3.8) is 0 Å². The molecule has 2 N–H and O–H groups in total. The molecule has 17 heavy (non-hydrogen) atoms. The van der Waals surface area contributed by atoms with E-state index >= 15 is 0 Å². The minimum absolute atomic E-state index is 0.0429. The molecule has 2 aromatic rings. The van der Waals surface area contributed by atoms with Crippen LogP contribution in [0.1, 0.15) is 18.9 Å². The molecule has 2 aromatic heterocycles. The van der Waals surface area contributed by atoms with Crippen LogP contribution in [0, 0.1) is 0 Å². The minimum Gasteiger partial charge on any atom is -0.446 e. The molecule has 0 unspecified atom stereocenters. The molecule has 5 heteroatoms. The van der Waals surface area contributed by atoms with Gasteiger partial charge in [-0.05, 0) is 18.2 Å². The van der Waals surface area contributed by atoms with Crippen LogP contribution in [0.4, 0.5) is 4.79 Å². The monoisotopic (exact) mass is 231 g/mol. The van der Waals surface area contributed by atoms with Crippen molar-refractivity contribution in [3.8, 4) is 0 Å². The Balaban J connectivity index is 1.76. The van der Waals surface area contributed by atoms with Gasteiger partial charge in [0, 0.05) is 36.7 Å². The second-order valence-electron chi connectivity index (χ2n) is 4.32. The molecule has 3 rings (SSSR count). The van der Waals surface area contributed by atoms with Gasteiger partial charge in [-0.3, -0.25) is 0 Å². The highest BCUT2D eigenvalue weighted by Crippen LogP contribution is 2.36. The summed E-state index contributed by atoms with van der Waals surface area (Å²) in [7, 11) is 0. The summed E-state index contributed by atoms with van der Waals surface area (Å²) in [4.78, 5) is 14.9.